The van der Waals surface area contributed by atoms with Gasteiger partial charge >= 0.3 is 0 Å². The normalized spacial score (nSPS) is 10.6. The molecule has 0 fully saturated rings. The fraction of sp³-hybridized carbons (Fsp3) is 0.0455. The molecule has 0 aliphatic heterocycles. The lowest BCUT2D eigenvalue weighted by molar-refractivity contribution is -0.115. The molecule has 5 nitrogen and oxygen atoms in total. The van der Waals surface area contributed by atoms with Gasteiger partial charge in [-0.25, -0.2) is 4.98 Å². The van der Waals surface area contributed by atoms with E-state index in [9.17, 15) is 4.79 Å². The molecule has 4 aromatic rings. The van der Waals surface area contributed by atoms with Crippen LogP contribution in [0, 0.1) is 0 Å². The first kappa shape index (κ1) is 17.9. The first-order valence-corrected chi connectivity index (χ1v) is 9.16. The Morgan fingerprint density at radius 2 is 1.75 bits per heavy atom. The summed E-state index contributed by atoms with van der Waals surface area (Å²) in [4.78, 5) is 20.9. The highest BCUT2D eigenvalue weighted by atomic mass is 35.5. The molecule has 4 rings (SSSR count). The molecule has 2 aromatic heterocycles. The van der Waals surface area contributed by atoms with Crippen LogP contribution in [0.25, 0.3) is 10.9 Å². The first-order valence-electron chi connectivity index (χ1n) is 8.78. The smallest absolute Gasteiger partial charge is 0.229 e. The molecule has 0 bridgehead atoms. The molecule has 2 aromatic carbocycles. The minimum absolute atomic E-state index is 0.131. The van der Waals surface area contributed by atoms with E-state index in [2.05, 4.69) is 20.6 Å². The summed E-state index contributed by atoms with van der Waals surface area (Å²) in [6, 6.07) is 20.7. The zero-order valence-corrected chi connectivity index (χ0v) is 15.6. The summed E-state index contributed by atoms with van der Waals surface area (Å²) in [6.45, 7) is 0. The fourth-order valence-corrected chi connectivity index (χ4v) is 3.00. The molecule has 0 spiro atoms. The zero-order chi connectivity index (χ0) is 19.3. The molecule has 2 N–H and O–H groups in total. The number of pyridine rings is 2. The Balaban J connectivity index is 1.42. The number of nitrogens with zero attached hydrogens (tertiary/aromatic N) is 2. The standard InChI is InChI=1S/C22H17ClN4O/c23-17-8-6-15(7-9-17)13-21(28)27-20-11-10-18(14-25-20)26-19-5-1-3-16-4-2-12-24-22(16)19/h1-12,14,26H,13H2,(H,25,27,28). The molecular weight excluding hydrogens is 372 g/mol. The Labute approximate surface area is 167 Å². The zero-order valence-electron chi connectivity index (χ0n) is 14.9. The summed E-state index contributed by atoms with van der Waals surface area (Å²) >= 11 is 5.86. The molecule has 0 saturated carbocycles. The maximum atomic E-state index is 12.2. The number of rotatable bonds is 5. The second-order valence-electron chi connectivity index (χ2n) is 6.29. The Bertz CT molecular complexity index is 1110. The summed E-state index contributed by atoms with van der Waals surface area (Å²) in [5.74, 6) is 0.370. The quantitative estimate of drug-likeness (QED) is 0.492. The summed E-state index contributed by atoms with van der Waals surface area (Å²) in [7, 11) is 0. The molecule has 0 saturated heterocycles. The largest absolute Gasteiger partial charge is 0.352 e. The summed E-state index contributed by atoms with van der Waals surface area (Å²) in [5, 5.41) is 7.83. The van der Waals surface area contributed by atoms with Crippen LogP contribution in [0.3, 0.4) is 0 Å². The highest BCUT2D eigenvalue weighted by Crippen LogP contribution is 2.24. The van der Waals surface area contributed by atoms with Gasteiger partial charge in [0.05, 0.1) is 29.5 Å². The van der Waals surface area contributed by atoms with Gasteiger partial charge < -0.3 is 10.6 Å². The number of para-hydroxylation sites is 1. The Hall–Kier alpha value is -3.44. The van der Waals surface area contributed by atoms with Crippen molar-refractivity contribution >= 4 is 45.6 Å². The Morgan fingerprint density at radius 1 is 0.929 bits per heavy atom. The molecule has 138 valence electrons. The van der Waals surface area contributed by atoms with E-state index in [1.807, 2.05) is 48.5 Å². The molecule has 0 aliphatic carbocycles. The number of fused-ring (bicyclic) bond motifs is 1. The van der Waals surface area contributed by atoms with Gasteiger partial charge in [0, 0.05) is 16.6 Å². The molecule has 0 unspecified atom stereocenters. The van der Waals surface area contributed by atoms with E-state index in [4.69, 9.17) is 11.6 Å². The van der Waals surface area contributed by atoms with Gasteiger partial charge in [0.15, 0.2) is 0 Å². The Morgan fingerprint density at radius 3 is 2.54 bits per heavy atom. The van der Waals surface area contributed by atoms with Crippen molar-refractivity contribution in [3.8, 4) is 0 Å². The van der Waals surface area contributed by atoms with Crippen LogP contribution < -0.4 is 10.6 Å². The Kier molecular flexibility index (Phi) is 5.17. The first-order chi connectivity index (χ1) is 13.7. The summed E-state index contributed by atoms with van der Waals surface area (Å²) in [5.41, 5.74) is 3.50. The molecule has 0 aliphatic rings. The topological polar surface area (TPSA) is 66.9 Å². The molecule has 1 amide bonds. The van der Waals surface area contributed by atoms with Crippen molar-refractivity contribution in [2.45, 2.75) is 6.42 Å². The van der Waals surface area contributed by atoms with Crippen LogP contribution in [0.15, 0.2) is 79.1 Å². The van der Waals surface area contributed by atoms with E-state index in [0.29, 0.717) is 10.8 Å². The van der Waals surface area contributed by atoms with Crippen LogP contribution in [0.5, 0.6) is 0 Å². The lowest BCUT2D eigenvalue weighted by Gasteiger charge is -2.10. The van der Waals surface area contributed by atoms with E-state index < -0.39 is 0 Å². The minimum atomic E-state index is -0.131. The average molecular weight is 389 g/mol. The van der Waals surface area contributed by atoms with Gasteiger partial charge in [-0.2, -0.15) is 0 Å². The van der Waals surface area contributed by atoms with Gasteiger partial charge in [-0.3, -0.25) is 9.78 Å². The number of amides is 1. The maximum Gasteiger partial charge on any atom is 0.229 e. The van der Waals surface area contributed by atoms with Gasteiger partial charge in [-0.1, -0.05) is 41.9 Å². The molecule has 0 atom stereocenters. The summed E-state index contributed by atoms with van der Waals surface area (Å²) in [6.07, 6.45) is 3.71. The number of aromatic nitrogens is 2. The molecule has 6 heteroatoms. The van der Waals surface area contributed by atoms with Gasteiger partial charge in [0.25, 0.3) is 0 Å². The highest BCUT2D eigenvalue weighted by Gasteiger charge is 2.06. The maximum absolute atomic E-state index is 12.2. The number of carbonyl (C=O) groups is 1. The van der Waals surface area contributed by atoms with Crippen molar-refractivity contribution in [1.82, 2.24) is 9.97 Å². The van der Waals surface area contributed by atoms with Crippen molar-refractivity contribution in [2.75, 3.05) is 10.6 Å². The van der Waals surface area contributed by atoms with Gasteiger partial charge in [0.2, 0.25) is 5.91 Å². The third-order valence-corrected chi connectivity index (χ3v) is 4.47. The average Bonchev–Trinajstić information content (AvgIpc) is 2.71. The van der Waals surface area contributed by atoms with E-state index >= 15 is 0 Å². The van der Waals surface area contributed by atoms with Crippen molar-refractivity contribution < 1.29 is 4.79 Å². The van der Waals surface area contributed by atoms with Crippen LogP contribution in [0.4, 0.5) is 17.2 Å². The third kappa shape index (κ3) is 4.27. The SMILES string of the molecule is O=C(Cc1ccc(Cl)cc1)Nc1ccc(Nc2cccc3cccnc23)cn1. The molecular formula is C22H17ClN4O. The lowest BCUT2D eigenvalue weighted by Crippen LogP contribution is -2.15. The van der Waals surface area contributed by atoms with Crippen LogP contribution >= 0.6 is 11.6 Å². The number of halogens is 1. The molecule has 0 radical (unpaired) electrons. The second-order valence-corrected chi connectivity index (χ2v) is 6.73. The van der Waals surface area contributed by atoms with E-state index in [0.717, 1.165) is 27.8 Å². The third-order valence-electron chi connectivity index (χ3n) is 4.22. The van der Waals surface area contributed by atoms with Crippen LogP contribution in [0.2, 0.25) is 5.02 Å². The number of hydrogen-bond donors (Lipinski definition) is 2. The predicted molar refractivity (Wildman–Crippen MR) is 113 cm³/mol. The summed E-state index contributed by atoms with van der Waals surface area (Å²) < 4.78 is 0. The van der Waals surface area contributed by atoms with Crippen molar-refractivity contribution in [1.29, 1.82) is 0 Å². The monoisotopic (exact) mass is 388 g/mol. The van der Waals surface area contributed by atoms with Gasteiger partial charge in [-0.15, -0.1) is 0 Å². The number of anilines is 3. The highest BCUT2D eigenvalue weighted by molar-refractivity contribution is 6.30. The van der Waals surface area contributed by atoms with Crippen LogP contribution in [0.1, 0.15) is 5.56 Å². The van der Waals surface area contributed by atoms with Crippen molar-refractivity contribution in [2.24, 2.45) is 0 Å². The lowest BCUT2D eigenvalue weighted by atomic mass is 10.1. The van der Waals surface area contributed by atoms with Crippen LogP contribution in [-0.4, -0.2) is 15.9 Å². The predicted octanol–water partition coefficient (Wildman–Crippen LogP) is 5.21. The number of carbonyl (C=O) groups excluding carboxylic acids is 1. The number of nitrogens with one attached hydrogen (secondary N) is 2. The molecule has 2 heterocycles. The molecule has 28 heavy (non-hydrogen) atoms. The van der Waals surface area contributed by atoms with E-state index in [-0.39, 0.29) is 12.3 Å². The van der Waals surface area contributed by atoms with Crippen molar-refractivity contribution in [3.63, 3.8) is 0 Å². The van der Waals surface area contributed by atoms with Gasteiger partial charge in [0.1, 0.15) is 5.82 Å². The second kappa shape index (κ2) is 8.06. The fourth-order valence-electron chi connectivity index (χ4n) is 2.88. The van der Waals surface area contributed by atoms with E-state index in [1.54, 1.807) is 30.6 Å². The van der Waals surface area contributed by atoms with Gasteiger partial charge in [-0.05, 0) is 42.0 Å². The number of hydrogen-bond acceptors (Lipinski definition) is 4. The van der Waals surface area contributed by atoms with Crippen molar-refractivity contribution in [3.05, 3.63) is 89.7 Å². The van der Waals surface area contributed by atoms with E-state index in [1.165, 1.54) is 0 Å². The minimum Gasteiger partial charge on any atom is -0.352 e. The van der Waals surface area contributed by atoms with Crippen LogP contribution in [-0.2, 0) is 11.2 Å². The number of benzene rings is 2.